The fraction of sp³-hybridized carbons (Fsp3) is 0.273. The topological polar surface area (TPSA) is 98.7 Å². The van der Waals surface area contributed by atoms with Crippen LogP contribution in [0.2, 0.25) is 5.02 Å². The average molecular weight is 352 g/mol. The summed E-state index contributed by atoms with van der Waals surface area (Å²) in [5.74, 6) is -1.33. The van der Waals surface area contributed by atoms with Crippen LogP contribution >= 0.6 is 27.5 Å². The molecule has 0 heterocycles. The third-order valence-corrected chi connectivity index (χ3v) is 3.03. The number of hydrogen-bond donors (Lipinski definition) is 4. The molecule has 1 rings (SSSR count). The van der Waals surface area contributed by atoms with E-state index in [4.69, 9.17) is 16.7 Å². The van der Waals surface area contributed by atoms with Crippen molar-refractivity contribution in [2.24, 2.45) is 0 Å². The summed E-state index contributed by atoms with van der Waals surface area (Å²) in [4.78, 5) is 22.4. The lowest BCUT2D eigenvalue weighted by Crippen LogP contribution is -2.49. The Hall–Kier alpha value is -1.31. The standard InChI is InChI=1S/C11H12BrClN2O4/c1-5(16)9(10(17)18)15-11(19)14-8-4-6(12)2-3-7(8)13/h2-5,9,16H,1H3,(H,17,18)(H2,14,15,19). The molecule has 0 aromatic heterocycles. The molecule has 6 nitrogen and oxygen atoms in total. The van der Waals surface area contributed by atoms with Gasteiger partial charge in [0, 0.05) is 4.47 Å². The molecule has 104 valence electrons. The number of aliphatic hydroxyl groups is 1. The van der Waals surface area contributed by atoms with E-state index in [0.717, 1.165) is 0 Å². The maximum atomic E-state index is 11.6. The van der Waals surface area contributed by atoms with Crippen LogP contribution in [0.5, 0.6) is 0 Å². The summed E-state index contributed by atoms with van der Waals surface area (Å²) in [6, 6.07) is 2.67. The van der Waals surface area contributed by atoms with Crippen LogP contribution in [0.1, 0.15) is 6.92 Å². The molecular formula is C11H12BrClN2O4. The van der Waals surface area contributed by atoms with E-state index in [1.807, 2.05) is 0 Å². The maximum absolute atomic E-state index is 11.6. The lowest BCUT2D eigenvalue weighted by Gasteiger charge is -2.17. The van der Waals surface area contributed by atoms with E-state index in [2.05, 4.69) is 26.6 Å². The molecule has 8 heteroatoms. The van der Waals surface area contributed by atoms with E-state index < -0.39 is 24.1 Å². The first kappa shape index (κ1) is 15.7. The highest BCUT2D eigenvalue weighted by molar-refractivity contribution is 9.10. The molecule has 2 unspecified atom stereocenters. The van der Waals surface area contributed by atoms with Crippen LogP contribution in [-0.4, -0.2) is 34.4 Å². The summed E-state index contributed by atoms with van der Waals surface area (Å²) in [7, 11) is 0. The van der Waals surface area contributed by atoms with E-state index >= 15 is 0 Å². The Labute approximate surface area is 122 Å². The van der Waals surface area contributed by atoms with Gasteiger partial charge < -0.3 is 20.8 Å². The van der Waals surface area contributed by atoms with Gasteiger partial charge in [0.1, 0.15) is 0 Å². The minimum Gasteiger partial charge on any atom is -0.480 e. The normalized spacial score (nSPS) is 13.5. The second-order valence-electron chi connectivity index (χ2n) is 3.78. The Kier molecular flexibility index (Phi) is 5.59. The molecule has 0 saturated carbocycles. The number of benzene rings is 1. The van der Waals surface area contributed by atoms with Gasteiger partial charge in [-0.05, 0) is 25.1 Å². The van der Waals surface area contributed by atoms with Gasteiger partial charge in [0.25, 0.3) is 0 Å². The van der Waals surface area contributed by atoms with E-state index in [-0.39, 0.29) is 0 Å². The number of rotatable bonds is 4. The van der Waals surface area contributed by atoms with Gasteiger partial charge in [-0.15, -0.1) is 0 Å². The number of carbonyl (C=O) groups is 2. The summed E-state index contributed by atoms with van der Waals surface area (Å²) < 4.78 is 0.706. The average Bonchev–Trinajstić information content (AvgIpc) is 2.30. The van der Waals surface area contributed by atoms with Gasteiger partial charge in [-0.3, -0.25) is 0 Å². The number of amides is 2. The number of urea groups is 1. The zero-order valence-electron chi connectivity index (χ0n) is 9.85. The van der Waals surface area contributed by atoms with Crippen LogP contribution in [-0.2, 0) is 4.79 Å². The Morgan fingerprint density at radius 1 is 1.42 bits per heavy atom. The van der Waals surface area contributed by atoms with Crippen molar-refractivity contribution in [3.8, 4) is 0 Å². The zero-order valence-corrected chi connectivity index (χ0v) is 12.2. The summed E-state index contributed by atoms with van der Waals surface area (Å²) in [6.07, 6.45) is -1.22. The minimum atomic E-state index is -1.40. The number of aliphatic carboxylic acids is 1. The van der Waals surface area contributed by atoms with Crippen molar-refractivity contribution in [2.45, 2.75) is 19.1 Å². The molecule has 0 bridgehead atoms. The molecule has 4 N–H and O–H groups in total. The molecule has 19 heavy (non-hydrogen) atoms. The van der Waals surface area contributed by atoms with Crippen molar-refractivity contribution in [2.75, 3.05) is 5.32 Å². The molecular weight excluding hydrogens is 339 g/mol. The van der Waals surface area contributed by atoms with Gasteiger partial charge in [0.05, 0.1) is 16.8 Å². The number of anilines is 1. The molecule has 0 aliphatic carbocycles. The van der Waals surface area contributed by atoms with Crippen LogP contribution in [0, 0.1) is 0 Å². The lowest BCUT2D eigenvalue weighted by atomic mass is 10.2. The number of aliphatic hydroxyl groups excluding tert-OH is 1. The van der Waals surface area contributed by atoms with Crippen LogP contribution in [0.3, 0.4) is 0 Å². The van der Waals surface area contributed by atoms with Gasteiger partial charge >= 0.3 is 12.0 Å². The van der Waals surface area contributed by atoms with E-state index in [9.17, 15) is 14.7 Å². The summed E-state index contributed by atoms with van der Waals surface area (Å²) in [5.41, 5.74) is 0.322. The second kappa shape index (κ2) is 6.74. The number of hydrogen-bond acceptors (Lipinski definition) is 3. The summed E-state index contributed by atoms with van der Waals surface area (Å²) in [6.45, 7) is 1.27. The molecule has 0 aliphatic rings. The van der Waals surface area contributed by atoms with Gasteiger partial charge in [0.15, 0.2) is 6.04 Å². The summed E-state index contributed by atoms with van der Waals surface area (Å²) >= 11 is 9.09. The summed E-state index contributed by atoms with van der Waals surface area (Å²) in [5, 5.41) is 22.9. The largest absolute Gasteiger partial charge is 0.480 e. The Morgan fingerprint density at radius 2 is 2.05 bits per heavy atom. The van der Waals surface area contributed by atoms with Crippen LogP contribution in [0.4, 0.5) is 10.5 Å². The Balaban J connectivity index is 2.74. The minimum absolute atomic E-state index is 0.308. The molecule has 0 spiro atoms. The molecule has 1 aromatic carbocycles. The number of carboxylic acids is 1. The SMILES string of the molecule is CC(O)C(NC(=O)Nc1cc(Br)ccc1Cl)C(=O)O. The molecule has 2 atom stereocenters. The van der Waals surface area contributed by atoms with E-state index in [1.165, 1.54) is 6.92 Å². The maximum Gasteiger partial charge on any atom is 0.328 e. The first-order valence-electron chi connectivity index (χ1n) is 5.24. The number of nitrogens with one attached hydrogen (secondary N) is 2. The highest BCUT2D eigenvalue weighted by Crippen LogP contribution is 2.25. The predicted octanol–water partition coefficient (Wildman–Crippen LogP) is 2.06. The third-order valence-electron chi connectivity index (χ3n) is 2.21. The van der Waals surface area contributed by atoms with Gasteiger partial charge in [0.2, 0.25) is 0 Å². The first-order chi connectivity index (χ1) is 8.81. The number of carboxylic acid groups (broad SMARTS) is 1. The Bertz CT molecular complexity index is 496. The third kappa shape index (κ3) is 4.70. The van der Waals surface area contributed by atoms with Crippen molar-refractivity contribution in [1.29, 1.82) is 0 Å². The molecule has 0 saturated heterocycles. The highest BCUT2D eigenvalue weighted by Gasteiger charge is 2.25. The smallest absolute Gasteiger partial charge is 0.328 e. The van der Waals surface area contributed by atoms with E-state index in [0.29, 0.717) is 15.2 Å². The van der Waals surface area contributed by atoms with Gasteiger partial charge in [-0.1, -0.05) is 27.5 Å². The van der Waals surface area contributed by atoms with Gasteiger partial charge in [-0.25, -0.2) is 9.59 Å². The van der Waals surface area contributed by atoms with Crippen LogP contribution in [0.15, 0.2) is 22.7 Å². The fourth-order valence-corrected chi connectivity index (χ4v) is 1.81. The molecule has 0 radical (unpaired) electrons. The molecule has 0 fully saturated rings. The van der Waals surface area contributed by atoms with Crippen molar-refractivity contribution in [1.82, 2.24) is 5.32 Å². The highest BCUT2D eigenvalue weighted by atomic mass is 79.9. The Morgan fingerprint density at radius 3 is 2.58 bits per heavy atom. The van der Waals surface area contributed by atoms with Crippen LogP contribution < -0.4 is 10.6 Å². The first-order valence-corrected chi connectivity index (χ1v) is 6.42. The predicted molar refractivity (Wildman–Crippen MR) is 74.4 cm³/mol. The van der Waals surface area contributed by atoms with E-state index in [1.54, 1.807) is 18.2 Å². The number of halogens is 2. The number of carbonyl (C=O) groups excluding carboxylic acids is 1. The van der Waals surface area contributed by atoms with Gasteiger partial charge in [-0.2, -0.15) is 0 Å². The van der Waals surface area contributed by atoms with Crippen molar-refractivity contribution in [3.05, 3.63) is 27.7 Å². The van der Waals surface area contributed by atoms with Crippen LogP contribution in [0.25, 0.3) is 0 Å². The van der Waals surface area contributed by atoms with Crippen molar-refractivity contribution >= 4 is 45.2 Å². The molecule has 1 aromatic rings. The quantitative estimate of drug-likeness (QED) is 0.667. The van der Waals surface area contributed by atoms with Crippen molar-refractivity contribution in [3.63, 3.8) is 0 Å². The zero-order chi connectivity index (χ0) is 14.6. The molecule has 0 aliphatic heterocycles. The van der Waals surface area contributed by atoms with Crippen molar-refractivity contribution < 1.29 is 19.8 Å². The molecule has 2 amide bonds. The monoisotopic (exact) mass is 350 g/mol. The lowest BCUT2D eigenvalue weighted by molar-refractivity contribution is -0.141. The fourth-order valence-electron chi connectivity index (χ4n) is 1.28. The second-order valence-corrected chi connectivity index (χ2v) is 5.10.